The summed E-state index contributed by atoms with van der Waals surface area (Å²) in [4.78, 5) is 0. The maximum atomic E-state index is 12.3. The first-order valence-electron chi connectivity index (χ1n) is 13.3. The van der Waals surface area contributed by atoms with E-state index in [-0.39, 0.29) is 0 Å². The minimum Gasteiger partial charge on any atom is -0.378 e. The van der Waals surface area contributed by atoms with E-state index < -0.39 is 6.08 Å². The molecule has 1 heterocycles. The van der Waals surface area contributed by atoms with Crippen LogP contribution in [0, 0.1) is 29.6 Å². The van der Waals surface area contributed by atoms with Crippen molar-refractivity contribution in [2.24, 2.45) is 29.6 Å². The fourth-order valence-electron chi connectivity index (χ4n) is 6.61. The van der Waals surface area contributed by atoms with Crippen LogP contribution in [0.5, 0.6) is 0 Å². The van der Waals surface area contributed by atoms with Crippen molar-refractivity contribution in [2.45, 2.75) is 122 Å². The molecule has 0 spiro atoms. The Hall–Kier alpha value is -0.440. The van der Waals surface area contributed by atoms with Crippen molar-refractivity contribution in [2.75, 3.05) is 6.61 Å². The molecule has 2 unspecified atom stereocenters. The van der Waals surface area contributed by atoms with Gasteiger partial charge in [0.1, 0.15) is 0 Å². The van der Waals surface area contributed by atoms with Crippen LogP contribution in [0.1, 0.15) is 116 Å². The van der Waals surface area contributed by atoms with Crippen LogP contribution in [0.15, 0.2) is 12.2 Å². The van der Waals surface area contributed by atoms with E-state index in [2.05, 4.69) is 6.92 Å². The lowest BCUT2D eigenvalue weighted by Crippen LogP contribution is -2.35. The Morgan fingerprint density at radius 3 is 1.93 bits per heavy atom. The quantitative estimate of drug-likeness (QED) is 0.318. The molecule has 3 aliphatic rings. The molecule has 0 N–H and O–H groups in total. The van der Waals surface area contributed by atoms with E-state index in [0.29, 0.717) is 25.0 Å². The van der Waals surface area contributed by atoms with E-state index in [0.717, 1.165) is 42.6 Å². The summed E-state index contributed by atoms with van der Waals surface area (Å²) in [6, 6.07) is 0. The molecule has 0 aromatic carbocycles. The first-order chi connectivity index (χ1) is 14.7. The second-order valence-electron chi connectivity index (χ2n) is 10.7. The molecule has 2 saturated carbocycles. The highest BCUT2D eigenvalue weighted by Crippen LogP contribution is 2.44. The second-order valence-corrected chi connectivity index (χ2v) is 10.7. The monoisotopic (exact) mass is 424 g/mol. The molecule has 0 amide bonds. The molecule has 174 valence electrons. The largest absolute Gasteiger partial charge is 0.378 e. The Bertz CT molecular complexity index is 477. The van der Waals surface area contributed by atoms with Gasteiger partial charge in [-0.2, -0.15) is 8.78 Å². The minimum atomic E-state index is -1.54. The van der Waals surface area contributed by atoms with E-state index in [1.165, 1.54) is 89.9 Å². The van der Waals surface area contributed by atoms with Gasteiger partial charge in [0.05, 0.1) is 12.7 Å². The third kappa shape index (κ3) is 7.92. The summed E-state index contributed by atoms with van der Waals surface area (Å²) < 4.78 is 30.7. The maximum absolute atomic E-state index is 12.3. The summed E-state index contributed by atoms with van der Waals surface area (Å²) >= 11 is 0. The molecule has 1 nitrogen and oxygen atoms in total. The normalized spacial score (nSPS) is 35.2. The van der Waals surface area contributed by atoms with Crippen molar-refractivity contribution < 1.29 is 13.5 Å². The molecule has 0 radical (unpaired) electrons. The summed E-state index contributed by atoms with van der Waals surface area (Å²) in [6.45, 7) is 2.97. The second kappa shape index (κ2) is 13.2. The predicted molar refractivity (Wildman–Crippen MR) is 122 cm³/mol. The topological polar surface area (TPSA) is 9.23 Å². The van der Waals surface area contributed by atoms with Crippen molar-refractivity contribution in [3.63, 3.8) is 0 Å². The summed E-state index contributed by atoms with van der Waals surface area (Å²) in [5.74, 6) is 3.97. The SMILES string of the molecule is CCCCCCCC1CCC(C2CCC(C3CCC(CC=C(F)F)CO3)CC2)CC1. The number of hydrogen-bond acceptors (Lipinski definition) is 1. The Labute approximate surface area is 184 Å². The zero-order valence-corrected chi connectivity index (χ0v) is 19.4. The number of ether oxygens (including phenoxy) is 1. The van der Waals surface area contributed by atoms with Gasteiger partial charge in [-0.1, -0.05) is 58.3 Å². The van der Waals surface area contributed by atoms with Gasteiger partial charge in [0, 0.05) is 0 Å². The highest BCUT2D eigenvalue weighted by molar-refractivity contribution is 4.88. The molecule has 2 aliphatic carbocycles. The highest BCUT2D eigenvalue weighted by Gasteiger charge is 2.35. The molecular formula is C27H46F2O. The first-order valence-corrected chi connectivity index (χ1v) is 13.3. The van der Waals surface area contributed by atoms with Gasteiger partial charge in [0.2, 0.25) is 0 Å². The number of unbranched alkanes of at least 4 members (excludes halogenated alkanes) is 4. The fourth-order valence-corrected chi connectivity index (χ4v) is 6.61. The molecule has 3 fully saturated rings. The molecule has 3 rings (SSSR count). The number of rotatable bonds is 10. The molecule has 1 aliphatic heterocycles. The van der Waals surface area contributed by atoms with Gasteiger partial charge in [-0.3, -0.25) is 0 Å². The molecule has 1 saturated heterocycles. The van der Waals surface area contributed by atoms with Gasteiger partial charge in [-0.15, -0.1) is 0 Å². The zero-order chi connectivity index (χ0) is 21.2. The molecular weight excluding hydrogens is 378 g/mol. The van der Waals surface area contributed by atoms with E-state index in [4.69, 9.17) is 4.74 Å². The van der Waals surface area contributed by atoms with Crippen molar-refractivity contribution in [3.8, 4) is 0 Å². The Kier molecular flexibility index (Phi) is 10.6. The van der Waals surface area contributed by atoms with Crippen LogP contribution < -0.4 is 0 Å². The smallest absolute Gasteiger partial charge is 0.266 e. The van der Waals surface area contributed by atoms with Crippen LogP contribution in [0.25, 0.3) is 0 Å². The highest BCUT2D eigenvalue weighted by atomic mass is 19.3. The van der Waals surface area contributed by atoms with Gasteiger partial charge in [0.15, 0.2) is 0 Å². The van der Waals surface area contributed by atoms with Gasteiger partial charge in [-0.25, -0.2) is 0 Å². The Balaban J connectivity index is 1.28. The van der Waals surface area contributed by atoms with Gasteiger partial charge in [0.25, 0.3) is 6.08 Å². The van der Waals surface area contributed by atoms with Crippen molar-refractivity contribution in [1.29, 1.82) is 0 Å². The number of allylic oxidation sites excluding steroid dienone is 1. The van der Waals surface area contributed by atoms with E-state index in [9.17, 15) is 8.78 Å². The number of hydrogen-bond donors (Lipinski definition) is 0. The molecule has 0 bridgehead atoms. The summed E-state index contributed by atoms with van der Waals surface area (Å²) in [7, 11) is 0. The van der Waals surface area contributed by atoms with Crippen molar-refractivity contribution in [3.05, 3.63) is 12.2 Å². The molecule has 0 aromatic rings. The van der Waals surface area contributed by atoms with Crippen LogP contribution in [0.2, 0.25) is 0 Å². The molecule has 0 aromatic heterocycles. The third-order valence-corrected chi connectivity index (χ3v) is 8.63. The van der Waals surface area contributed by atoms with Gasteiger partial charge in [-0.05, 0) is 93.5 Å². The van der Waals surface area contributed by atoms with Crippen LogP contribution in [0.4, 0.5) is 8.78 Å². The van der Waals surface area contributed by atoms with Crippen molar-refractivity contribution >= 4 is 0 Å². The van der Waals surface area contributed by atoms with E-state index in [1.54, 1.807) is 0 Å². The van der Waals surface area contributed by atoms with E-state index >= 15 is 0 Å². The lowest BCUT2D eigenvalue weighted by atomic mass is 9.67. The molecule has 2 atom stereocenters. The summed E-state index contributed by atoms with van der Waals surface area (Å²) in [6.07, 6.45) is 22.5. The lowest BCUT2D eigenvalue weighted by molar-refractivity contribution is -0.0599. The maximum Gasteiger partial charge on any atom is 0.266 e. The van der Waals surface area contributed by atoms with Crippen LogP contribution in [0.3, 0.4) is 0 Å². The predicted octanol–water partition coefficient (Wildman–Crippen LogP) is 8.93. The number of halogens is 2. The van der Waals surface area contributed by atoms with Crippen LogP contribution in [-0.2, 0) is 4.74 Å². The van der Waals surface area contributed by atoms with Crippen molar-refractivity contribution in [1.82, 2.24) is 0 Å². The van der Waals surface area contributed by atoms with Crippen LogP contribution >= 0.6 is 0 Å². The standard InChI is InChI=1S/C27H46F2O/c1-2-3-4-5-6-7-21-8-12-23(13-9-21)24-14-16-25(17-15-24)26-18-10-22(20-30-26)11-19-27(28)29/h19,21-26H,2-18,20H2,1H3. The van der Waals surface area contributed by atoms with Gasteiger partial charge >= 0.3 is 0 Å². The average molecular weight is 425 g/mol. The Morgan fingerprint density at radius 1 is 0.733 bits per heavy atom. The minimum absolute atomic E-state index is 0.293. The lowest BCUT2D eigenvalue weighted by Gasteiger charge is -2.41. The van der Waals surface area contributed by atoms with E-state index in [1.807, 2.05) is 0 Å². The fraction of sp³-hybridized carbons (Fsp3) is 0.926. The molecule has 3 heteroatoms. The third-order valence-electron chi connectivity index (χ3n) is 8.63. The first kappa shape index (κ1) is 24.2. The average Bonchev–Trinajstić information content (AvgIpc) is 2.78. The molecule has 30 heavy (non-hydrogen) atoms. The van der Waals surface area contributed by atoms with Crippen LogP contribution in [-0.4, -0.2) is 12.7 Å². The summed E-state index contributed by atoms with van der Waals surface area (Å²) in [5.41, 5.74) is 0. The Morgan fingerprint density at radius 2 is 1.33 bits per heavy atom. The van der Waals surface area contributed by atoms with Gasteiger partial charge < -0.3 is 4.74 Å². The summed E-state index contributed by atoms with van der Waals surface area (Å²) in [5, 5.41) is 0. The zero-order valence-electron chi connectivity index (χ0n) is 19.4.